The van der Waals surface area contributed by atoms with Crippen LogP contribution in [0.4, 0.5) is 5.82 Å². The number of nitrogens with zero attached hydrogens (tertiary/aromatic N) is 3. The maximum atomic E-state index is 11.2. The van der Waals surface area contributed by atoms with Gasteiger partial charge in [0.2, 0.25) is 0 Å². The Hall–Kier alpha value is -2.67. The number of benzene rings is 1. The molecule has 5 rings (SSSR count). The predicted molar refractivity (Wildman–Crippen MR) is 102 cm³/mol. The van der Waals surface area contributed by atoms with Crippen LogP contribution < -0.4 is 5.32 Å². The van der Waals surface area contributed by atoms with Gasteiger partial charge < -0.3 is 14.8 Å². The molecule has 0 spiro atoms. The smallest absolute Gasteiger partial charge is 0.317 e. The molecule has 2 aliphatic carbocycles. The monoisotopic (exact) mass is 366 g/mol. The molecule has 7 nitrogen and oxygen atoms in total. The fourth-order valence-corrected chi connectivity index (χ4v) is 3.97. The third-order valence-corrected chi connectivity index (χ3v) is 5.66. The van der Waals surface area contributed by atoms with Crippen LogP contribution in [0.15, 0.2) is 35.0 Å². The first-order valence-electron chi connectivity index (χ1n) is 9.52. The lowest BCUT2D eigenvalue weighted by Crippen LogP contribution is -2.52. The van der Waals surface area contributed by atoms with Crippen LogP contribution in [0.2, 0.25) is 0 Å². The molecule has 2 saturated carbocycles. The van der Waals surface area contributed by atoms with E-state index in [1.54, 1.807) is 6.33 Å². The number of furan rings is 1. The lowest BCUT2D eigenvalue weighted by atomic mass is 9.85. The number of carbonyl (C=O) groups is 1. The van der Waals surface area contributed by atoms with Crippen LogP contribution >= 0.6 is 0 Å². The molecule has 0 aliphatic heterocycles. The van der Waals surface area contributed by atoms with E-state index < -0.39 is 5.97 Å². The van der Waals surface area contributed by atoms with Crippen molar-refractivity contribution in [1.29, 1.82) is 0 Å². The molecule has 2 fully saturated rings. The lowest BCUT2D eigenvalue weighted by molar-refractivity contribution is -0.139. The highest BCUT2D eigenvalue weighted by molar-refractivity contribution is 6.05. The molecule has 2 aromatic heterocycles. The predicted octanol–water partition coefficient (Wildman–Crippen LogP) is 3.12. The van der Waals surface area contributed by atoms with Crippen LogP contribution in [0.5, 0.6) is 0 Å². The van der Waals surface area contributed by atoms with Crippen LogP contribution in [-0.2, 0) is 4.79 Å². The lowest BCUT2D eigenvalue weighted by Gasteiger charge is -2.42. The molecular weight excluding hydrogens is 344 g/mol. The molecule has 140 valence electrons. The number of aliphatic carboxylic acids is 1. The molecule has 1 aromatic carbocycles. The van der Waals surface area contributed by atoms with Crippen LogP contribution in [0.3, 0.4) is 0 Å². The van der Waals surface area contributed by atoms with Gasteiger partial charge in [0.05, 0.1) is 6.54 Å². The Morgan fingerprint density at radius 2 is 2.07 bits per heavy atom. The second-order valence-corrected chi connectivity index (χ2v) is 7.73. The summed E-state index contributed by atoms with van der Waals surface area (Å²) < 4.78 is 5.97. The zero-order valence-electron chi connectivity index (χ0n) is 15.0. The molecule has 2 N–H and O–H groups in total. The summed E-state index contributed by atoms with van der Waals surface area (Å²) in [6.07, 6.45) is 5.87. The zero-order valence-corrected chi connectivity index (χ0v) is 15.0. The second kappa shape index (κ2) is 6.49. The Bertz CT molecular complexity index is 991. The number of aromatic nitrogens is 2. The molecule has 0 unspecified atom stereocenters. The minimum atomic E-state index is -0.744. The number of para-hydroxylation sites is 1. The number of hydrogen-bond donors (Lipinski definition) is 2. The largest absolute Gasteiger partial charge is 0.480 e. The first-order chi connectivity index (χ1) is 13.2. The van der Waals surface area contributed by atoms with Gasteiger partial charge in [-0.25, -0.2) is 9.97 Å². The Balaban J connectivity index is 1.30. The highest BCUT2D eigenvalue weighted by Gasteiger charge is 2.37. The normalized spacial score (nSPS) is 22.3. The van der Waals surface area contributed by atoms with Crippen molar-refractivity contribution >= 4 is 33.9 Å². The first kappa shape index (κ1) is 16.5. The number of hydrogen-bond acceptors (Lipinski definition) is 6. The van der Waals surface area contributed by atoms with E-state index >= 15 is 0 Å². The summed E-state index contributed by atoms with van der Waals surface area (Å²) in [5.74, 6) is 0.659. The molecule has 27 heavy (non-hydrogen) atoms. The van der Waals surface area contributed by atoms with Gasteiger partial charge in [0.1, 0.15) is 17.4 Å². The highest BCUT2D eigenvalue weighted by Crippen LogP contribution is 2.36. The summed E-state index contributed by atoms with van der Waals surface area (Å²) in [5, 5.41) is 13.6. The van der Waals surface area contributed by atoms with Crippen LogP contribution in [0.25, 0.3) is 22.1 Å². The Morgan fingerprint density at radius 1 is 1.26 bits per heavy atom. The topological polar surface area (TPSA) is 91.5 Å². The quantitative estimate of drug-likeness (QED) is 0.664. The van der Waals surface area contributed by atoms with Gasteiger partial charge in [-0.1, -0.05) is 12.1 Å². The molecule has 0 atom stereocenters. The Kier molecular flexibility index (Phi) is 3.97. The third-order valence-electron chi connectivity index (χ3n) is 5.66. The third kappa shape index (κ3) is 3.23. The standard InChI is InChI=1S/C20H22N4O3/c25-17(26)10-24(9-12-5-6-12)14-7-13(8-14)23-20-19-18(21-11-22-20)15-3-1-2-4-16(15)27-19/h1-4,11-14H,5-10H2,(H,25,26)(H,21,22,23). The second-order valence-electron chi connectivity index (χ2n) is 7.73. The fourth-order valence-electron chi connectivity index (χ4n) is 3.97. The van der Waals surface area contributed by atoms with E-state index in [0.29, 0.717) is 23.4 Å². The van der Waals surface area contributed by atoms with Crippen molar-refractivity contribution in [3.8, 4) is 0 Å². The molecule has 0 saturated heterocycles. The first-order valence-corrected chi connectivity index (χ1v) is 9.52. The van der Waals surface area contributed by atoms with E-state index in [9.17, 15) is 9.90 Å². The van der Waals surface area contributed by atoms with Gasteiger partial charge in [-0.05, 0) is 43.7 Å². The van der Waals surface area contributed by atoms with Crippen LogP contribution in [0, 0.1) is 5.92 Å². The van der Waals surface area contributed by atoms with Crippen molar-refractivity contribution in [2.45, 2.75) is 37.8 Å². The number of nitrogens with one attached hydrogen (secondary N) is 1. The van der Waals surface area contributed by atoms with Gasteiger partial charge >= 0.3 is 5.97 Å². The Morgan fingerprint density at radius 3 is 2.85 bits per heavy atom. The van der Waals surface area contributed by atoms with Crippen molar-refractivity contribution in [3.05, 3.63) is 30.6 Å². The van der Waals surface area contributed by atoms with Gasteiger partial charge in [0.15, 0.2) is 11.4 Å². The molecule has 2 aliphatic rings. The van der Waals surface area contributed by atoms with E-state index in [2.05, 4.69) is 20.2 Å². The summed E-state index contributed by atoms with van der Waals surface area (Å²) in [4.78, 5) is 22.1. The molecule has 3 aromatic rings. The average Bonchev–Trinajstić information content (AvgIpc) is 3.34. The number of anilines is 1. The van der Waals surface area contributed by atoms with Gasteiger partial charge in [-0.2, -0.15) is 0 Å². The fraction of sp³-hybridized carbons (Fsp3) is 0.450. The summed E-state index contributed by atoms with van der Waals surface area (Å²) in [6, 6.07) is 8.45. The Labute approximate surface area is 156 Å². The molecule has 7 heteroatoms. The number of fused-ring (bicyclic) bond motifs is 3. The van der Waals surface area contributed by atoms with E-state index in [4.69, 9.17) is 4.42 Å². The van der Waals surface area contributed by atoms with Crippen LogP contribution in [0.1, 0.15) is 25.7 Å². The van der Waals surface area contributed by atoms with Gasteiger partial charge in [-0.15, -0.1) is 0 Å². The minimum absolute atomic E-state index is 0.134. The van der Waals surface area contributed by atoms with E-state index in [-0.39, 0.29) is 12.6 Å². The maximum Gasteiger partial charge on any atom is 0.317 e. The molecule has 2 heterocycles. The zero-order chi connectivity index (χ0) is 18.4. The van der Waals surface area contributed by atoms with Crippen molar-refractivity contribution in [2.24, 2.45) is 5.92 Å². The van der Waals surface area contributed by atoms with Crippen molar-refractivity contribution in [2.75, 3.05) is 18.4 Å². The summed E-state index contributed by atoms with van der Waals surface area (Å²) in [7, 11) is 0. The summed E-state index contributed by atoms with van der Waals surface area (Å²) in [5.41, 5.74) is 2.31. The SMILES string of the molecule is O=C(O)CN(CC1CC1)C1CC(Nc2ncnc3c2oc2ccccc23)C1. The van der Waals surface area contributed by atoms with Gasteiger partial charge in [0, 0.05) is 24.0 Å². The van der Waals surface area contributed by atoms with Gasteiger partial charge in [-0.3, -0.25) is 9.69 Å². The highest BCUT2D eigenvalue weighted by atomic mass is 16.4. The molecule has 0 bridgehead atoms. The maximum absolute atomic E-state index is 11.2. The summed E-state index contributed by atoms with van der Waals surface area (Å²) in [6.45, 7) is 1.04. The number of carboxylic acids is 1. The molecule has 0 radical (unpaired) electrons. The minimum Gasteiger partial charge on any atom is -0.480 e. The van der Waals surface area contributed by atoms with Crippen LogP contribution in [-0.4, -0.2) is 51.1 Å². The van der Waals surface area contributed by atoms with E-state index in [0.717, 1.165) is 35.9 Å². The van der Waals surface area contributed by atoms with Crippen molar-refractivity contribution < 1.29 is 14.3 Å². The molecule has 0 amide bonds. The van der Waals surface area contributed by atoms with Crippen molar-refractivity contribution in [1.82, 2.24) is 14.9 Å². The van der Waals surface area contributed by atoms with E-state index in [1.165, 1.54) is 12.8 Å². The van der Waals surface area contributed by atoms with Gasteiger partial charge in [0.25, 0.3) is 0 Å². The molecular formula is C20H22N4O3. The average molecular weight is 366 g/mol. The number of rotatable bonds is 7. The van der Waals surface area contributed by atoms with E-state index in [1.807, 2.05) is 24.3 Å². The summed E-state index contributed by atoms with van der Waals surface area (Å²) >= 11 is 0. The van der Waals surface area contributed by atoms with Crippen molar-refractivity contribution in [3.63, 3.8) is 0 Å². The number of carboxylic acid groups (broad SMARTS) is 1.